The van der Waals surface area contributed by atoms with Crippen LogP contribution in [0.2, 0.25) is 0 Å². The molecule has 0 aromatic heterocycles. The Hall–Kier alpha value is -2.87. The number of hydrogen-bond acceptors (Lipinski definition) is 4. The third kappa shape index (κ3) is 4.06. The molecule has 1 heterocycles. The Balaban J connectivity index is 2.07. The summed E-state index contributed by atoms with van der Waals surface area (Å²) in [6, 6.07) is 9.52. The second kappa shape index (κ2) is 6.27. The fourth-order valence-electron chi connectivity index (χ4n) is 1.94. The van der Waals surface area contributed by atoms with Gasteiger partial charge in [-0.05, 0) is 44.1 Å². The van der Waals surface area contributed by atoms with Crippen LogP contribution in [0.25, 0.3) is 0 Å². The Labute approximate surface area is 130 Å². The number of nitrogens with two attached hydrogens (primary N) is 2. The van der Waals surface area contributed by atoms with Gasteiger partial charge in [0.05, 0.1) is 12.2 Å². The van der Waals surface area contributed by atoms with Crippen molar-refractivity contribution in [3.05, 3.63) is 59.6 Å². The first kappa shape index (κ1) is 15.5. The van der Waals surface area contributed by atoms with Crippen molar-refractivity contribution in [2.75, 3.05) is 6.54 Å². The Bertz CT molecular complexity index is 679. The van der Waals surface area contributed by atoms with Gasteiger partial charge in [-0.1, -0.05) is 24.1 Å². The summed E-state index contributed by atoms with van der Waals surface area (Å²) >= 11 is 0. The second-order valence-electron chi connectivity index (χ2n) is 5.54. The minimum Gasteiger partial charge on any atom is -0.441 e. The highest BCUT2D eigenvalue weighted by atomic mass is 16.6. The van der Waals surface area contributed by atoms with Crippen LogP contribution in [0.3, 0.4) is 0 Å². The number of carbonyl (C=O) groups excluding carboxylic acids is 1. The monoisotopic (exact) mass is 297 g/mol. The molecule has 4 N–H and O–H groups in total. The molecule has 1 aromatic rings. The zero-order valence-corrected chi connectivity index (χ0v) is 12.7. The van der Waals surface area contributed by atoms with Crippen LogP contribution >= 0.6 is 0 Å². The molecule has 22 heavy (non-hydrogen) atoms. The first-order valence-corrected chi connectivity index (χ1v) is 6.88. The van der Waals surface area contributed by atoms with Gasteiger partial charge in [-0.25, -0.2) is 4.79 Å². The maximum atomic E-state index is 11.7. The maximum Gasteiger partial charge on any atom is 0.416 e. The van der Waals surface area contributed by atoms with E-state index in [1.165, 1.54) is 4.90 Å². The molecule has 114 valence electrons. The van der Waals surface area contributed by atoms with Crippen LogP contribution in [0.1, 0.15) is 19.4 Å². The third-order valence-corrected chi connectivity index (χ3v) is 2.99. The van der Waals surface area contributed by atoms with Crippen LogP contribution in [0.15, 0.2) is 54.0 Å². The summed E-state index contributed by atoms with van der Waals surface area (Å²) in [4.78, 5) is 13.1. The summed E-state index contributed by atoms with van der Waals surface area (Å²) < 4.78 is 5.18. The number of allylic oxidation sites excluding steroid dienone is 3. The molecule has 0 radical (unpaired) electrons. The van der Waals surface area contributed by atoms with Crippen LogP contribution < -0.4 is 11.5 Å². The van der Waals surface area contributed by atoms with E-state index in [-0.39, 0.29) is 5.82 Å². The lowest BCUT2D eigenvalue weighted by Gasteiger charge is -2.15. The van der Waals surface area contributed by atoms with Crippen LogP contribution in [0.4, 0.5) is 4.79 Å². The topological polar surface area (TPSA) is 81.6 Å². The van der Waals surface area contributed by atoms with Gasteiger partial charge in [0.15, 0.2) is 0 Å². The SMILES string of the molecule is CC1(C)CN(/C(N)=C/C=C(\N)C#Cc2ccccc2)C(=O)O1. The first-order chi connectivity index (χ1) is 10.4. The first-order valence-electron chi connectivity index (χ1n) is 6.88. The van der Waals surface area contributed by atoms with Crippen molar-refractivity contribution in [2.24, 2.45) is 11.5 Å². The van der Waals surface area contributed by atoms with Gasteiger partial charge in [0, 0.05) is 5.56 Å². The number of hydrogen-bond donors (Lipinski definition) is 2. The summed E-state index contributed by atoms with van der Waals surface area (Å²) in [6.07, 6.45) is 2.67. The molecule has 5 heteroatoms. The number of cyclic esters (lactones) is 1. The van der Waals surface area contributed by atoms with E-state index in [0.717, 1.165) is 5.56 Å². The van der Waals surface area contributed by atoms with Crippen molar-refractivity contribution in [1.29, 1.82) is 0 Å². The van der Waals surface area contributed by atoms with Crippen molar-refractivity contribution < 1.29 is 9.53 Å². The highest BCUT2D eigenvalue weighted by Crippen LogP contribution is 2.23. The molecule has 5 nitrogen and oxygen atoms in total. The highest BCUT2D eigenvalue weighted by molar-refractivity contribution is 5.72. The second-order valence-corrected chi connectivity index (χ2v) is 5.54. The average molecular weight is 297 g/mol. The molecule has 0 aliphatic carbocycles. The largest absolute Gasteiger partial charge is 0.441 e. The van der Waals surface area contributed by atoms with Gasteiger partial charge >= 0.3 is 6.09 Å². The van der Waals surface area contributed by atoms with E-state index < -0.39 is 11.7 Å². The summed E-state index contributed by atoms with van der Waals surface area (Å²) in [5, 5.41) is 0. The average Bonchev–Trinajstić information content (AvgIpc) is 2.76. The lowest BCUT2D eigenvalue weighted by Crippen LogP contribution is -2.31. The molecule has 1 aliphatic heterocycles. The number of ether oxygens (including phenoxy) is 1. The van der Waals surface area contributed by atoms with Crippen molar-refractivity contribution in [2.45, 2.75) is 19.4 Å². The summed E-state index contributed by atoms with van der Waals surface area (Å²) in [5.74, 6) is 6.05. The van der Waals surface area contributed by atoms with Crippen LogP contribution in [-0.4, -0.2) is 23.1 Å². The smallest absolute Gasteiger partial charge is 0.416 e. The molecule has 1 fully saturated rings. The summed E-state index contributed by atoms with van der Waals surface area (Å²) in [7, 11) is 0. The quantitative estimate of drug-likeness (QED) is 0.645. The van der Waals surface area contributed by atoms with E-state index in [1.54, 1.807) is 12.2 Å². The zero-order chi connectivity index (χ0) is 16.2. The Morgan fingerprint density at radius 2 is 1.95 bits per heavy atom. The molecule has 0 atom stereocenters. The lowest BCUT2D eigenvalue weighted by atomic mass is 10.1. The Morgan fingerprint density at radius 3 is 2.55 bits per heavy atom. The molecule has 0 saturated carbocycles. The van der Waals surface area contributed by atoms with Crippen molar-refractivity contribution in [3.63, 3.8) is 0 Å². The van der Waals surface area contributed by atoms with Crippen LogP contribution in [0, 0.1) is 11.8 Å². The Morgan fingerprint density at radius 1 is 1.27 bits per heavy atom. The molecule has 1 amide bonds. The van der Waals surface area contributed by atoms with Crippen LogP contribution in [0.5, 0.6) is 0 Å². The van der Waals surface area contributed by atoms with Crippen molar-refractivity contribution in [1.82, 2.24) is 4.90 Å². The molecular weight excluding hydrogens is 278 g/mol. The number of nitrogens with zero attached hydrogens (tertiary/aromatic N) is 1. The van der Waals surface area contributed by atoms with E-state index in [2.05, 4.69) is 11.8 Å². The molecule has 0 bridgehead atoms. The van der Waals surface area contributed by atoms with Gasteiger partial charge in [0.1, 0.15) is 11.4 Å². The number of amides is 1. The van der Waals surface area contributed by atoms with Gasteiger partial charge in [-0.15, -0.1) is 0 Å². The molecule has 1 saturated heterocycles. The van der Waals surface area contributed by atoms with Gasteiger partial charge in [0.2, 0.25) is 0 Å². The van der Waals surface area contributed by atoms with E-state index >= 15 is 0 Å². The molecular formula is C17H19N3O2. The zero-order valence-electron chi connectivity index (χ0n) is 12.7. The lowest BCUT2D eigenvalue weighted by molar-refractivity contribution is 0.0862. The summed E-state index contributed by atoms with van der Waals surface area (Å²) in [5.41, 5.74) is 12.4. The normalized spacial score (nSPS) is 17.7. The summed E-state index contributed by atoms with van der Waals surface area (Å²) in [6.45, 7) is 4.05. The molecule has 0 spiro atoms. The minimum atomic E-state index is -0.544. The van der Waals surface area contributed by atoms with Gasteiger partial charge in [-0.2, -0.15) is 0 Å². The molecule has 0 unspecified atom stereocenters. The molecule has 2 rings (SSSR count). The fourth-order valence-corrected chi connectivity index (χ4v) is 1.94. The number of rotatable bonds is 2. The molecule has 1 aliphatic rings. The van der Waals surface area contributed by atoms with Crippen LogP contribution in [-0.2, 0) is 4.74 Å². The number of carbonyl (C=O) groups is 1. The Kier molecular flexibility index (Phi) is 4.42. The predicted octanol–water partition coefficient (Wildman–Crippen LogP) is 1.91. The predicted molar refractivity (Wildman–Crippen MR) is 85.1 cm³/mol. The van der Waals surface area contributed by atoms with Crippen molar-refractivity contribution >= 4 is 6.09 Å². The van der Waals surface area contributed by atoms with E-state index in [1.807, 2.05) is 44.2 Å². The standard InChI is InChI=1S/C17H19N3O2/c1-17(2)12-20(16(21)22-17)15(19)11-10-14(18)9-8-13-6-4-3-5-7-13/h3-7,10-11H,12,18-19H2,1-2H3/b14-10-,15-11+. The van der Waals surface area contributed by atoms with E-state index in [4.69, 9.17) is 16.2 Å². The van der Waals surface area contributed by atoms with E-state index in [0.29, 0.717) is 12.2 Å². The van der Waals surface area contributed by atoms with Gasteiger partial charge < -0.3 is 16.2 Å². The van der Waals surface area contributed by atoms with E-state index in [9.17, 15) is 4.79 Å². The van der Waals surface area contributed by atoms with Gasteiger partial charge in [0.25, 0.3) is 0 Å². The van der Waals surface area contributed by atoms with Crippen molar-refractivity contribution in [3.8, 4) is 11.8 Å². The third-order valence-electron chi connectivity index (χ3n) is 2.99. The van der Waals surface area contributed by atoms with Gasteiger partial charge in [-0.3, -0.25) is 4.90 Å². The molecule has 1 aromatic carbocycles. The fraction of sp³-hybridized carbons (Fsp3) is 0.235. The minimum absolute atomic E-state index is 0.278. The maximum absolute atomic E-state index is 11.7. The highest BCUT2D eigenvalue weighted by Gasteiger charge is 2.38. The number of benzene rings is 1.